The average Bonchev–Trinajstić information content (AvgIpc) is 3.26. The lowest BCUT2D eigenvalue weighted by molar-refractivity contribution is -0.120. The Balaban J connectivity index is 1.49. The number of nitrogens with one attached hydrogen (secondary N) is 1. The lowest BCUT2D eigenvalue weighted by atomic mass is 10.1. The van der Waals surface area contributed by atoms with Gasteiger partial charge >= 0.3 is 0 Å². The van der Waals surface area contributed by atoms with Crippen molar-refractivity contribution in [3.8, 4) is 11.5 Å². The number of nitrogens with zero attached hydrogens (tertiary/aromatic N) is 1. The van der Waals surface area contributed by atoms with E-state index in [-0.39, 0.29) is 18.4 Å². The Morgan fingerprint density at radius 3 is 2.72 bits per heavy atom. The maximum absolute atomic E-state index is 13.4. The third kappa shape index (κ3) is 6.19. The van der Waals surface area contributed by atoms with Gasteiger partial charge in [0.05, 0.1) is 7.11 Å². The van der Waals surface area contributed by atoms with Crippen molar-refractivity contribution < 1.29 is 27.8 Å². The molecule has 0 spiro atoms. The van der Waals surface area contributed by atoms with Crippen LogP contribution in [0, 0.1) is 17.6 Å². The van der Waals surface area contributed by atoms with Crippen molar-refractivity contribution in [2.75, 3.05) is 38.3 Å². The molecule has 0 aliphatic carbocycles. The van der Waals surface area contributed by atoms with Gasteiger partial charge in [-0.05, 0) is 48.2 Å². The number of halogens is 2. The first kappa shape index (κ1) is 23.1. The summed E-state index contributed by atoms with van der Waals surface area (Å²) in [6.07, 6.45) is 3.89. The highest BCUT2D eigenvalue weighted by molar-refractivity contribution is 5.91. The number of primary amides is 1. The van der Waals surface area contributed by atoms with Gasteiger partial charge < -0.3 is 25.4 Å². The minimum absolute atomic E-state index is 0.210. The molecule has 1 heterocycles. The van der Waals surface area contributed by atoms with Gasteiger partial charge in [-0.25, -0.2) is 8.78 Å². The Kier molecular flexibility index (Phi) is 7.64. The Bertz CT molecular complexity index is 1010. The summed E-state index contributed by atoms with van der Waals surface area (Å²) in [5.74, 6) is -1.58. The molecule has 1 unspecified atom stereocenters. The summed E-state index contributed by atoms with van der Waals surface area (Å²) in [5, 5.41) is 2.87. The second-order valence-electron chi connectivity index (χ2n) is 7.44. The highest BCUT2D eigenvalue weighted by atomic mass is 19.2. The van der Waals surface area contributed by atoms with Crippen molar-refractivity contribution >= 4 is 23.6 Å². The summed E-state index contributed by atoms with van der Waals surface area (Å²) in [7, 11) is 1.47. The summed E-state index contributed by atoms with van der Waals surface area (Å²) >= 11 is 0. The normalized spacial score (nSPS) is 15.7. The lowest BCUT2D eigenvalue weighted by Crippen LogP contribution is -2.29. The molecule has 0 aromatic heterocycles. The van der Waals surface area contributed by atoms with Crippen molar-refractivity contribution in [3.05, 3.63) is 59.7 Å². The first-order valence-electron chi connectivity index (χ1n) is 10.1. The molecule has 2 aromatic rings. The van der Waals surface area contributed by atoms with Crippen molar-refractivity contribution in [1.29, 1.82) is 0 Å². The molecule has 0 bridgehead atoms. The van der Waals surface area contributed by atoms with Crippen molar-refractivity contribution in [2.45, 2.75) is 6.42 Å². The molecule has 1 fully saturated rings. The lowest BCUT2D eigenvalue weighted by Gasteiger charge is -2.19. The minimum Gasteiger partial charge on any atom is -0.493 e. The van der Waals surface area contributed by atoms with Crippen LogP contribution < -0.4 is 25.4 Å². The summed E-state index contributed by atoms with van der Waals surface area (Å²) in [4.78, 5) is 25.0. The largest absolute Gasteiger partial charge is 0.493 e. The number of ether oxygens (including phenoxy) is 2. The van der Waals surface area contributed by atoms with Crippen LogP contribution in [0.5, 0.6) is 11.5 Å². The number of carbonyl (C=O) groups excluding carboxylic acids is 2. The Morgan fingerprint density at radius 2 is 2.00 bits per heavy atom. The molecular weight excluding hydrogens is 420 g/mol. The van der Waals surface area contributed by atoms with Gasteiger partial charge in [-0.1, -0.05) is 6.07 Å². The summed E-state index contributed by atoms with van der Waals surface area (Å²) in [5.41, 5.74) is 6.42. The molecule has 1 atom stereocenters. The van der Waals surface area contributed by atoms with Gasteiger partial charge in [-0.15, -0.1) is 0 Å². The quantitative estimate of drug-likeness (QED) is 0.579. The van der Waals surface area contributed by atoms with Gasteiger partial charge in [0, 0.05) is 37.5 Å². The number of hydrogen-bond acceptors (Lipinski definition) is 5. The number of methoxy groups -OCH3 is 1. The van der Waals surface area contributed by atoms with E-state index in [0.717, 1.165) is 12.5 Å². The number of amides is 2. The molecule has 170 valence electrons. The van der Waals surface area contributed by atoms with Crippen molar-refractivity contribution in [1.82, 2.24) is 5.32 Å². The van der Waals surface area contributed by atoms with Crippen LogP contribution in [0.4, 0.5) is 14.5 Å². The molecule has 32 heavy (non-hydrogen) atoms. The van der Waals surface area contributed by atoms with Crippen LogP contribution >= 0.6 is 0 Å². The molecule has 0 saturated carbocycles. The smallest absolute Gasteiger partial charge is 0.255 e. The topological polar surface area (TPSA) is 93.9 Å². The Morgan fingerprint density at radius 1 is 1.19 bits per heavy atom. The van der Waals surface area contributed by atoms with E-state index in [4.69, 9.17) is 15.2 Å². The summed E-state index contributed by atoms with van der Waals surface area (Å²) in [6.45, 7) is 1.58. The fourth-order valence-electron chi connectivity index (χ4n) is 3.45. The maximum atomic E-state index is 13.4. The van der Waals surface area contributed by atoms with Crippen LogP contribution in [-0.2, 0) is 9.59 Å². The number of rotatable bonds is 9. The molecule has 3 rings (SSSR count). The van der Waals surface area contributed by atoms with E-state index in [1.54, 1.807) is 30.3 Å². The predicted octanol–water partition coefficient (Wildman–Crippen LogP) is 2.49. The summed E-state index contributed by atoms with van der Waals surface area (Å²) < 4.78 is 37.1. The minimum atomic E-state index is -0.867. The number of nitrogens with two attached hydrogens (primary N) is 1. The zero-order valence-corrected chi connectivity index (χ0v) is 17.6. The zero-order chi connectivity index (χ0) is 23.1. The number of anilines is 1. The third-order valence-electron chi connectivity index (χ3n) is 5.10. The van der Waals surface area contributed by atoms with Gasteiger partial charge in [-0.3, -0.25) is 9.59 Å². The molecule has 1 aliphatic rings. The third-order valence-corrected chi connectivity index (χ3v) is 5.10. The molecule has 9 heteroatoms. The highest BCUT2D eigenvalue weighted by Gasteiger charge is 2.23. The molecule has 3 N–H and O–H groups in total. The Hall–Kier alpha value is -3.62. The van der Waals surface area contributed by atoms with Gasteiger partial charge in [0.1, 0.15) is 0 Å². The van der Waals surface area contributed by atoms with E-state index in [9.17, 15) is 18.4 Å². The number of benzene rings is 2. The maximum Gasteiger partial charge on any atom is 0.255 e. The molecule has 1 aliphatic heterocycles. The monoisotopic (exact) mass is 445 g/mol. The first-order chi connectivity index (χ1) is 15.4. The SMILES string of the molecule is COc1cc(/C=C/C(=O)NCC2CCN(c3ccc(F)c(F)c3)C2)ccc1OCC(N)=O. The van der Waals surface area contributed by atoms with Crippen molar-refractivity contribution in [2.24, 2.45) is 11.7 Å². The second-order valence-corrected chi connectivity index (χ2v) is 7.44. The fourth-order valence-corrected chi connectivity index (χ4v) is 3.45. The van der Waals surface area contributed by atoms with E-state index in [1.165, 1.54) is 19.3 Å². The second kappa shape index (κ2) is 10.6. The molecular formula is C23H25F2N3O4. The highest BCUT2D eigenvalue weighted by Crippen LogP contribution is 2.28. The van der Waals surface area contributed by atoms with E-state index in [1.807, 2.05) is 4.90 Å². The van der Waals surface area contributed by atoms with Gasteiger partial charge in [0.2, 0.25) is 5.91 Å². The van der Waals surface area contributed by atoms with Crippen LogP contribution in [0.1, 0.15) is 12.0 Å². The first-order valence-corrected chi connectivity index (χ1v) is 10.1. The van der Waals surface area contributed by atoms with Crippen LogP contribution in [0.15, 0.2) is 42.5 Å². The van der Waals surface area contributed by atoms with E-state index < -0.39 is 17.5 Å². The van der Waals surface area contributed by atoms with E-state index >= 15 is 0 Å². The van der Waals surface area contributed by atoms with Crippen molar-refractivity contribution in [3.63, 3.8) is 0 Å². The van der Waals surface area contributed by atoms with Crippen LogP contribution in [0.25, 0.3) is 6.08 Å². The molecule has 0 radical (unpaired) electrons. The van der Waals surface area contributed by atoms with Gasteiger partial charge in [0.15, 0.2) is 29.7 Å². The number of carbonyl (C=O) groups is 2. The summed E-state index contributed by atoms with van der Waals surface area (Å²) in [6, 6.07) is 8.90. The molecule has 1 saturated heterocycles. The zero-order valence-electron chi connectivity index (χ0n) is 17.6. The van der Waals surface area contributed by atoms with Crippen LogP contribution in [0.2, 0.25) is 0 Å². The van der Waals surface area contributed by atoms with Crippen LogP contribution in [-0.4, -0.2) is 45.2 Å². The van der Waals surface area contributed by atoms with E-state index in [2.05, 4.69) is 5.32 Å². The standard InChI is InChI=1S/C23H25F2N3O4/c1-31-21-10-15(2-6-20(21)32-14-22(26)29)3-7-23(30)27-12-16-8-9-28(13-16)17-4-5-18(24)19(25)11-17/h2-7,10-11,16H,8-9,12-14H2,1H3,(H2,26,29)(H,27,30)/b7-3+. The number of hydrogen-bond donors (Lipinski definition) is 2. The Labute approximate surface area is 184 Å². The molecule has 7 nitrogen and oxygen atoms in total. The molecule has 2 aromatic carbocycles. The average molecular weight is 445 g/mol. The van der Waals surface area contributed by atoms with Gasteiger partial charge in [-0.2, -0.15) is 0 Å². The van der Waals surface area contributed by atoms with Crippen LogP contribution in [0.3, 0.4) is 0 Å². The fraction of sp³-hybridized carbons (Fsp3) is 0.304. The van der Waals surface area contributed by atoms with E-state index in [0.29, 0.717) is 42.4 Å². The van der Waals surface area contributed by atoms with Gasteiger partial charge in [0.25, 0.3) is 5.91 Å². The molecule has 2 amide bonds. The predicted molar refractivity (Wildman–Crippen MR) is 116 cm³/mol.